The molecule has 0 aliphatic rings. The van der Waals surface area contributed by atoms with E-state index in [2.05, 4.69) is 5.32 Å². The Labute approximate surface area is 122 Å². The Hall–Kier alpha value is -2.56. The molecule has 0 aliphatic heterocycles. The molecule has 5 heteroatoms. The molecule has 21 heavy (non-hydrogen) atoms. The molecule has 0 atom stereocenters. The highest BCUT2D eigenvalue weighted by atomic mass is 19.1. The molecule has 0 heterocycles. The lowest BCUT2D eigenvalue weighted by Crippen LogP contribution is -2.25. The van der Waals surface area contributed by atoms with Crippen LogP contribution in [-0.4, -0.2) is 24.7 Å². The van der Waals surface area contributed by atoms with Gasteiger partial charge in [-0.15, -0.1) is 0 Å². The molecule has 2 N–H and O–H groups in total. The van der Waals surface area contributed by atoms with Crippen molar-refractivity contribution in [2.75, 3.05) is 13.7 Å². The third kappa shape index (κ3) is 3.72. The molecule has 0 bridgehead atoms. The number of amides is 1. The number of halogens is 1. The topological polar surface area (TPSA) is 58.6 Å². The predicted molar refractivity (Wildman–Crippen MR) is 77.1 cm³/mol. The first kappa shape index (κ1) is 14.8. The maximum Gasteiger partial charge on any atom is 0.255 e. The number of carbonyl (C=O) groups excluding carboxylic acids is 1. The summed E-state index contributed by atoms with van der Waals surface area (Å²) in [4.78, 5) is 12.0. The highest BCUT2D eigenvalue weighted by Crippen LogP contribution is 2.29. The zero-order chi connectivity index (χ0) is 15.2. The van der Waals surface area contributed by atoms with E-state index >= 15 is 0 Å². The number of para-hydroxylation sites is 1. The summed E-state index contributed by atoms with van der Waals surface area (Å²) in [6.07, 6.45) is 0.508. The number of aromatic hydroxyl groups is 1. The van der Waals surface area contributed by atoms with E-state index in [0.717, 1.165) is 5.56 Å². The Morgan fingerprint density at radius 1 is 1.29 bits per heavy atom. The van der Waals surface area contributed by atoms with E-state index in [0.29, 0.717) is 13.0 Å². The van der Waals surface area contributed by atoms with Gasteiger partial charge in [0.05, 0.1) is 12.7 Å². The minimum absolute atomic E-state index is 0.147. The highest BCUT2D eigenvalue weighted by molar-refractivity contribution is 5.97. The van der Waals surface area contributed by atoms with Crippen molar-refractivity contribution in [3.05, 3.63) is 59.4 Å². The van der Waals surface area contributed by atoms with Gasteiger partial charge < -0.3 is 15.2 Å². The molecule has 0 aliphatic carbocycles. The highest BCUT2D eigenvalue weighted by Gasteiger charge is 2.14. The summed E-state index contributed by atoms with van der Waals surface area (Å²) < 4.78 is 18.0. The number of nitrogens with one attached hydrogen (secondary N) is 1. The molecule has 0 saturated carbocycles. The molecule has 0 unspecified atom stereocenters. The minimum atomic E-state index is -0.400. The van der Waals surface area contributed by atoms with Gasteiger partial charge in [0.15, 0.2) is 11.5 Å². The Bertz CT molecular complexity index is 643. The quantitative estimate of drug-likeness (QED) is 0.889. The van der Waals surface area contributed by atoms with E-state index in [4.69, 9.17) is 4.74 Å². The van der Waals surface area contributed by atoms with E-state index < -0.39 is 5.91 Å². The number of methoxy groups -OCH3 is 1. The van der Waals surface area contributed by atoms with E-state index in [-0.39, 0.29) is 22.9 Å². The largest absolute Gasteiger partial charge is 0.504 e. The van der Waals surface area contributed by atoms with Crippen molar-refractivity contribution in [3.63, 3.8) is 0 Å². The first-order valence-electron chi connectivity index (χ1n) is 6.50. The van der Waals surface area contributed by atoms with Gasteiger partial charge in [0.25, 0.3) is 5.91 Å². The van der Waals surface area contributed by atoms with Crippen LogP contribution < -0.4 is 10.1 Å². The molecule has 2 aromatic carbocycles. The Morgan fingerprint density at radius 3 is 2.76 bits per heavy atom. The second-order valence-corrected chi connectivity index (χ2v) is 4.49. The van der Waals surface area contributed by atoms with Gasteiger partial charge in [-0.1, -0.05) is 18.2 Å². The van der Waals surface area contributed by atoms with Gasteiger partial charge in [0, 0.05) is 6.54 Å². The molecule has 2 rings (SSSR count). The maximum atomic E-state index is 13.0. The molecular formula is C16H16FNO3. The molecule has 0 aromatic heterocycles. The summed E-state index contributed by atoms with van der Waals surface area (Å²) >= 11 is 0. The van der Waals surface area contributed by atoms with Gasteiger partial charge >= 0.3 is 0 Å². The fraction of sp³-hybridized carbons (Fsp3) is 0.188. The van der Waals surface area contributed by atoms with Gasteiger partial charge in [-0.25, -0.2) is 4.39 Å². The number of phenolic OH excluding ortho intramolecular Hbond substituents is 1. The van der Waals surface area contributed by atoms with Crippen molar-refractivity contribution in [1.29, 1.82) is 0 Å². The van der Waals surface area contributed by atoms with E-state index in [1.807, 2.05) is 0 Å². The number of carbonyl (C=O) groups is 1. The molecule has 110 valence electrons. The van der Waals surface area contributed by atoms with Crippen LogP contribution in [-0.2, 0) is 6.42 Å². The lowest BCUT2D eigenvalue weighted by Gasteiger charge is -2.09. The normalized spacial score (nSPS) is 10.2. The van der Waals surface area contributed by atoms with Gasteiger partial charge in [-0.2, -0.15) is 0 Å². The third-order valence-electron chi connectivity index (χ3n) is 3.05. The second-order valence-electron chi connectivity index (χ2n) is 4.49. The number of hydrogen-bond donors (Lipinski definition) is 2. The van der Waals surface area contributed by atoms with Crippen molar-refractivity contribution in [3.8, 4) is 11.5 Å². The molecule has 0 saturated heterocycles. The lowest BCUT2D eigenvalue weighted by molar-refractivity contribution is 0.0951. The van der Waals surface area contributed by atoms with E-state index in [1.54, 1.807) is 24.3 Å². The van der Waals surface area contributed by atoms with Crippen molar-refractivity contribution in [1.82, 2.24) is 5.32 Å². The zero-order valence-electron chi connectivity index (χ0n) is 11.6. The van der Waals surface area contributed by atoms with Crippen LogP contribution in [0.25, 0.3) is 0 Å². The molecular weight excluding hydrogens is 273 g/mol. The Kier molecular flexibility index (Phi) is 4.77. The molecule has 1 amide bonds. The number of ether oxygens (including phenoxy) is 1. The standard InChI is InChI=1S/C16H16FNO3/c1-21-14-7-3-6-13(15(14)19)16(20)18-9-8-11-4-2-5-12(17)10-11/h2-7,10,19H,8-9H2,1H3,(H,18,20). The number of hydrogen-bond acceptors (Lipinski definition) is 3. The Morgan fingerprint density at radius 2 is 2.05 bits per heavy atom. The van der Waals surface area contributed by atoms with E-state index in [9.17, 15) is 14.3 Å². The predicted octanol–water partition coefficient (Wildman–Crippen LogP) is 2.51. The zero-order valence-corrected chi connectivity index (χ0v) is 11.6. The number of rotatable bonds is 5. The van der Waals surface area contributed by atoms with Gasteiger partial charge in [0.2, 0.25) is 0 Å². The van der Waals surface area contributed by atoms with Crippen molar-refractivity contribution in [2.45, 2.75) is 6.42 Å². The van der Waals surface area contributed by atoms with Crippen molar-refractivity contribution in [2.24, 2.45) is 0 Å². The SMILES string of the molecule is COc1cccc(C(=O)NCCc2cccc(F)c2)c1O. The van der Waals surface area contributed by atoms with Gasteiger partial charge in [0.1, 0.15) is 5.82 Å². The van der Waals surface area contributed by atoms with Crippen LogP contribution in [0.4, 0.5) is 4.39 Å². The van der Waals surface area contributed by atoms with Crippen LogP contribution in [0.1, 0.15) is 15.9 Å². The van der Waals surface area contributed by atoms with Crippen LogP contribution in [0.2, 0.25) is 0 Å². The summed E-state index contributed by atoms with van der Waals surface area (Å²) in [5.74, 6) is -0.650. The third-order valence-corrected chi connectivity index (χ3v) is 3.05. The average molecular weight is 289 g/mol. The van der Waals surface area contributed by atoms with Crippen LogP contribution in [0.15, 0.2) is 42.5 Å². The molecule has 0 radical (unpaired) electrons. The summed E-state index contributed by atoms with van der Waals surface area (Å²) in [5.41, 5.74) is 0.943. The average Bonchev–Trinajstić information content (AvgIpc) is 2.47. The van der Waals surface area contributed by atoms with Crippen molar-refractivity contribution < 1.29 is 19.0 Å². The minimum Gasteiger partial charge on any atom is -0.504 e. The summed E-state index contributed by atoms with van der Waals surface area (Å²) in [5, 5.41) is 12.6. The van der Waals surface area contributed by atoms with Gasteiger partial charge in [-0.05, 0) is 36.2 Å². The monoisotopic (exact) mass is 289 g/mol. The summed E-state index contributed by atoms with van der Waals surface area (Å²) in [7, 11) is 1.42. The van der Waals surface area contributed by atoms with Crippen LogP contribution in [0.5, 0.6) is 11.5 Å². The Balaban J connectivity index is 1.96. The van der Waals surface area contributed by atoms with Crippen LogP contribution >= 0.6 is 0 Å². The summed E-state index contributed by atoms with van der Waals surface area (Å²) in [6, 6.07) is 10.9. The summed E-state index contributed by atoms with van der Waals surface area (Å²) in [6.45, 7) is 0.346. The van der Waals surface area contributed by atoms with Gasteiger partial charge in [-0.3, -0.25) is 4.79 Å². The number of benzene rings is 2. The fourth-order valence-corrected chi connectivity index (χ4v) is 1.98. The molecule has 0 spiro atoms. The maximum absolute atomic E-state index is 13.0. The van der Waals surface area contributed by atoms with Crippen LogP contribution in [0.3, 0.4) is 0 Å². The molecule has 0 fully saturated rings. The fourth-order valence-electron chi connectivity index (χ4n) is 1.98. The smallest absolute Gasteiger partial charge is 0.255 e. The second kappa shape index (κ2) is 6.74. The van der Waals surface area contributed by atoms with E-state index in [1.165, 1.54) is 25.3 Å². The van der Waals surface area contributed by atoms with Crippen LogP contribution in [0, 0.1) is 5.82 Å². The first-order chi connectivity index (χ1) is 10.1. The number of phenols is 1. The molecule has 2 aromatic rings. The van der Waals surface area contributed by atoms with Crippen molar-refractivity contribution >= 4 is 5.91 Å². The first-order valence-corrected chi connectivity index (χ1v) is 6.50. The lowest BCUT2D eigenvalue weighted by atomic mass is 10.1. The molecule has 4 nitrogen and oxygen atoms in total.